The standard InChI is InChI=1S/C10H15N3O4S/c11-8-3-2-7(10(14)15)6-9(8)13-4-1-5-18(12,16)17/h2-3,6,13H,1,4-5,11H2,(H,14,15)(H2,12,16,17). The fraction of sp³-hybridized carbons (Fsp3) is 0.300. The van der Waals surface area contributed by atoms with E-state index < -0.39 is 16.0 Å². The summed E-state index contributed by atoms with van der Waals surface area (Å²) in [6.45, 7) is 0.337. The van der Waals surface area contributed by atoms with Crippen molar-refractivity contribution >= 4 is 27.4 Å². The molecule has 18 heavy (non-hydrogen) atoms. The lowest BCUT2D eigenvalue weighted by Gasteiger charge is -2.09. The molecule has 1 aromatic carbocycles. The Hall–Kier alpha value is -1.80. The molecule has 0 unspecified atom stereocenters. The number of carbonyl (C=O) groups is 1. The minimum atomic E-state index is -3.48. The number of carboxylic acid groups (broad SMARTS) is 1. The summed E-state index contributed by atoms with van der Waals surface area (Å²) in [7, 11) is -3.48. The zero-order valence-corrected chi connectivity index (χ0v) is 10.4. The number of nitrogens with two attached hydrogens (primary N) is 2. The number of benzene rings is 1. The Labute approximate surface area is 105 Å². The number of primary sulfonamides is 1. The SMILES string of the molecule is Nc1ccc(C(=O)O)cc1NCCCS(N)(=O)=O. The summed E-state index contributed by atoms with van der Waals surface area (Å²) in [6, 6.07) is 4.27. The molecule has 0 spiro atoms. The Morgan fingerprint density at radius 1 is 1.39 bits per heavy atom. The molecule has 6 N–H and O–H groups in total. The lowest BCUT2D eigenvalue weighted by Crippen LogP contribution is -2.19. The first kappa shape index (κ1) is 14.3. The summed E-state index contributed by atoms with van der Waals surface area (Å²) < 4.78 is 21.4. The van der Waals surface area contributed by atoms with Gasteiger partial charge in [-0.25, -0.2) is 18.4 Å². The highest BCUT2D eigenvalue weighted by Gasteiger charge is 2.07. The fourth-order valence-corrected chi connectivity index (χ4v) is 1.89. The Kier molecular flexibility index (Phi) is 4.51. The number of nitrogen functional groups attached to an aromatic ring is 1. The summed E-state index contributed by atoms with van der Waals surface area (Å²) in [6.07, 6.45) is 0.315. The lowest BCUT2D eigenvalue weighted by molar-refractivity contribution is 0.0697. The molecule has 0 saturated heterocycles. The van der Waals surface area contributed by atoms with Crippen molar-refractivity contribution in [2.24, 2.45) is 5.14 Å². The Morgan fingerprint density at radius 2 is 2.06 bits per heavy atom. The van der Waals surface area contributed by atoms with Crippen LogP contribution >= 0.6 is 0 Å². The monoisotopic (exact) mass is 273 g/mol. The van der Waals surface area contributed by atoms with Gasteiger partial charge in [-0.2, -0.15) is 0 Å². The summed E-state index contributed by atoms with van der Waals surface area (Å²) >= 11 is 0. The third kappa shape index (κ3) is 4.60. The molecule has 0 bridgehead atoms. The summed E-state index contributed by atoms with van der Waals surface area (Å²) in [5.74, 6) is -1.19. The molecule has 0 radical (unpaired) electrons. The van der Waals surface area contributed by atoms with Crippen LogP contribution in [0.15, 0.2) is 18.2 Å². The minimum Gasteiger partial charge on any atom is -0.478 e. The van der Waals surface area contributed by atoms with Crippen molar-refractivity contribution in [1.82, 2.24) is 0 Å². The molecule has 0 saturated carbocycles. The van der Waals surface area contributed by atoms with E-state index in [1.807, 2.05) is 0 Å². The largest absolute Gasteiger partial charge is 0.478 e. The first-order valence-corrected chi connectivity index (χ1v) is 6.88. The van der Waals surface area contributed by atoms with Crippen LogP contribution in [0, 0.1) is 0 Å². The van der Waals surface area contributed by atoms with Crippen molar-refractivity contribution in [3.63, 3.8) is 0 Å². The number of rotatable bonds is 6. The fourth-order valence-electron chi connectivity index (χ4n) is 1.34. The van der Waals surface area contributed by atoms with Crippen molar-refractivity contribution in [3.8, 4) is 0 Å². The summed E-state index contributed by atoms with van der Waals surface area (Å²) in [5, 5.41) is 16.5. The molecule has 1 aromatic rings. The van der Waals surface area contributed by atoms with Gasteiger partial charge in [0.25, 0.3) is 0 Å². The van der Waals surface area contributed by atoms with Crippen LogP contribution in [0.4, 0.5) is 11.4 Å². The smallest absolute Gasteiger partial charge is 0.335 e. The van der Waals surface area contributed by atoms with Gasteiger partial charge in [0.1, 0.15) is 0 Å². The summed E-state index contributed by atoms with van der Waals surface area (Å²) in [5.41, 5.74) is 6.63. The van der Waals surface area contributed by atoms with Gasteiger partial charge in [-0.1, -0.05) is 0 Å². The van der Waals surface area contributed by atoms with E-state index in [2.05, 4.69) is 5.32 Å². The van der Waals surface area contributed by atoms with E-state index in [1.165, 1.54) is 18.2 Å². The average molecular weight is 273 g/mol. The van der Waals surface area contributed by atoms with Gasteiger partial charge in [-0.3, -0.25) is 0 Å². The van der Waals surface area contributed by atoms with Gasteiger partial charge in [0.2, 0.25) is 10.0 Å². The van der Waals surface area contributed by atoms with Crippen LogP contribution in [-0.4, -0.2) is 31.8 Å². The maximum absolute atomic E-state index is 10.8. The van der Waals surface area contributed by atoms with Crippen molar-refractivity contribution in [2.45, 2.75) is 6.42 Å². The Morgan fingerprint density at radius 3 is 2.61 bits per heavy atom. The minimum absolute atomic E-state index is 0.109. The predicted octanol–water partition coefficient (Wildman–Crippen LogP) is 0.0575. The van der Waals surface area contributed by atoms with E-state index in [1.54, 1.807) is 0 Å². The van der Waals surface area contributed by atoms with Gasteiger partial charge in [-0.05, 0) is 24.6 Å². The topological polar surface area (TPSA) is 136 Å². The summed E-state index contributed by atoms with van der Waals surface area (Å²) in [4.78, 5) is 10.8. The molecule has 7 nitrogen and oxygen atoms in total. The second-order valence-electron chi connectivity index (χ2n) is 3.75. The van der Waals surface area contributed by atoms with Crippen LogP contribution in [0.5, 0.6) is 0 Å². The number of nitrogens with one attached hydrogen (secondary N) is 1. The molecule has 8 heteroatoms. The van der Waals surface area contributed by atoms with Crippen LogP contribution in [0.3, 0.4) is 0 Å². The molecule has 1 rings (SSSR count). The number of sulfonamides is 1. The number of anilines is 2. The second kappa shape index (κ2) is 5.69. The van der Waals surface area contributed by atoms with Crippen molar-refractivity contribution in [2.75, 3.05) is 23.3 Å². The molecule has 0 fully saturated rings. The highest BCUT2D eigenvalue weighted by Crippen LogP contribution is 2.19. The van der Waals surface area contributed by atoms with Gasteiger partial charge < -0.3 is 16.2 Å². The molecule has 0 aliphatic heterocycles. The maximum atomic E-state index is 10.8. The van der Waals surface area contributed by atoms with Crippen LogP contribution in [0.25, 0.3) is 0 Å². The number of hydrogen-bond donors (Lipinski definition) is 4. The van der Waals surface area contributed by atoms with Crippen LogP contribution in [0.2, 0.25) is 0 Å². The van der Waals surface area contributed by atoms with E-state index in [0.29, 0.717) is 24.3 Å². The van der Waals surface area contributed by atoms with E-state index in [0.717, 1.165) is 0 Å². The van der Waals surface area contributed by atoms with Gasteiger partial charge in [-0.15, -0.1) is 0 Å². The van der Waals surface area contributed by atoms with Gasteiger partial charge in [0, 0.05) is 6.54 Å². The van der Waals surface area contributed by atoms with E-state index in [4.69, 9.17) is 16.0 Å². The molecular formula is C10H15N3O4S. The van der Waals surface area contributed by atoms with Gasteiger partial charge in [0.15, 0.2) is 0 Å². The molecule has 100 valence electrons. The highest BCUT2D eigenvalue weighted by atomic mass is 32.2. The number of aromatic carboxylic acids is 1. The average Bonchev–Trinajstić information content (AvgIpc) is 2.24. The maximum Gasteiger partial charge on any atom is 0.335 e. The molecule has 0 amide bonds. The molecule has 0 aliphatic carbocycles. The molecule has 0 heterocycles. The third-order valence-corrected chi connectivity index (χ3v) is 3.08. The lowest BCUT2D eigenvalue weighted by atomic mass is 10.1. The molecule has 0 atom stereocenters. The first-order chi connectivity index (χ1) is 8.29. The van der Waals surface area contributed by atoms with Crippen molar-refractivity contribution < 1.29 is 18.3 Å². The van der Waals surface area contributed by atoms with Gasteiger partial charge >= 0.3 is 5.97 Å². The number of carboxylic acids is 1. The van der Waals surface area contributed by atoms with E-state index in [9.17, 15) is 13.2 Å². The Bertz CT molecular complexity index is 542. The first-order valence-electron chi connectivity index (χ1n) is 5.17. The van der Waals surface area contributed by atoms with Crippen molar-refractivity contribution in [3.05, 3.63) is 23.8 Å². The normalized spacial score (nSPS) is 11.2. The highest BCUT2D eigenvalue weighted by molar-refractivity contribution is 7.89. The van der Waals surface area contributed by atoms with Crippen LogP contribution in [-0.2, 0) is 10.0 Å². The van der Waals surface area contributed by atoms with E-state index in [-0.39, 0.29) is 11.3 Å². The van der Waals surface area contributed by atoms with Gasteiger partial charge in [0.05, 0.1) is 22.7 Å². The predicted molar refractivity (Wildman–Crippen MR) is 68.9 cm³/mol. The Balaban J connectivity index is 2.61. The third-order valence-electron chi connectivity index (χ3n) is 2.22. The molecule has 0 aromatic heterocycles. The van der Waals surface area contributed by atoms with Crippen LogP contribution in [0.1, 0.15) is 16.8 Å². The molecular weight excluding hydrogens is 258 g/mol. The van der Waals surface area contributed by atoms with Crippen LogP contribution < -0.4 is 16.2 Å². The zero-order chi connectivity index (χ0) is 13.8. The van der Waals surface area contributed by atoms with E-state index >= 15 is 0 Å². The number of hydrogen-bond acceptors (Lipinski definition) is 5. The van der Waals surface area contributed by atoms with Crippen molar-refractivity contribution in [1.29, 1.82) is 0 Å². The molecule has 0 aliphatic rings. The zero-order valence-electron chi connectivity index (χ0n) is 9.59. The second-order valence-corrected chi connectivity index (χ2v) is 5.49. The quantitative estimate of drug-likeness (QED) is 0.427.